The SMILES string of the molecule is CNc1ccc([N+](=O)[O-])cc1Cn1ccc(C(F)(F)F)n1. The summed E-state index contributed by atoms with van der Waals surface area (Å²) in [5.74, 6) is 0. The third-order valence-electron chi connectivity index (χ3n) is 2.83. The average Bonchev–Trinajstić information content (AvgIpc) is 2.87. The first-order valence-corrected chi connectivity index (χ1v) is 5.87. The summed E-state index contributed by atoms with van der Waals surface area (Å²) in [7, 11) is 1.62. The highest BCUT2D eigenvalue weighted by molar-refractivity contribution is 5.55. The van der Waals surface area contributed by atoms with Gasteiger partial charge in [0.1, 0.15) is 0 Å². The van der Waals surface area contributed by atoms with Crippen LogP contribution in [0.3, 0.4) is 0 Å². The van der Waals surface area contributed by atoms with Crippen molar-refractivity contribution in [3.63, 3.8) is 0 Å². The number of nitrogens with one attached hydrogen (secondary N) is 1. The maximum atomic E-state index is 12.5. The lowest BCUT2D eigenvalue weighted by Gasteiger charge is -2.09. The first kappa shape index (κ1) is 14.8. The lowest BCUT2D eigenvalue weighted by molar-refractivity contribution is -0.384. The number of rotatable bonds is 4. The summed E-state index contributed by atoms with van der Waals surface area (Å²) in [6.45, 7) is -0.00602. The third kappa shape index (κ3) is 3.30. The summed E-state index contributed by atoms with van der Waals surface area (Å²) in [6.07, 6.45) is -3.33. The fraction of sp³-hybridized carbons (Fsp3) is 0.250. The molecule has 0 atom stereocenters. The zero-order chi connectivity index (χ0) is 15.6. The number of alkyl halides is 3. The molecule has 2 rings (SSSR count). The van der Waals surface area contributed by atoms with E-state index in [0.29, 0.717) is 11.3 Å². The van der Waals surface area contributed by atoms with Crippen molar-refractivity contribution in [1.82, 2.24) is 9.78 Å². The number of anilines is 1. The van der Waals surface area contributed by atoms with E-state index < -0.39 is 16.8 Å². The summed E-state index contributed by atoms with van der Waals surface area (Å²) in [5.41, 5.74) is -0.0701. The van der Waals surface area contributed by atoms with Gasteiger partial charge in [0.05, 0.1) is 11.5 Å². The van der Waals surface area contributed by atoms with Crippen molar-refractivity contribution >= 4 is 11.4 Å². The zero-order valence-electron chi connectivity index (χ0n) is 10.9. The van der Waals surface area contributed by atoms with Gasteiger partial charge in [0.25, 0.3) is 5.69 Å². The number of benzene rings is 1. The molecule has 1 aromatic heterocycles. The normalized spacial score (nSPS) is 11.4. The highest BCUT2D eigenvalue weighted by Gasteiger charge is 2.33. The molecule has 0 aliphatic heterocycles. The minimum Gasteiger partial charge on any atom is -0.388 e. The Kier molecular flexibility index (Phi) is 3.83. The number of nitro groups is 1. The number of halogens is 3. The van der Waals surface area contributed by atoms with Crippen LogP contribution in [0.2, 0.25) is 0 Å². The van der Waals surface area contributed by atoms with E-state index in [1.54, 1.807) is 7.05 Å². The summed E-state index contributed by atoms with van der Waals surface area (Å²) in [4.78, 5) is 10.2. The molecule has 21 heavy (non-hydrogen) atoms. The first-order chi connectivity index (χ1) is 9.81. The quantitative estimate of drug-likeness (QED) is 0.696. The van der Waals surface area contributed by atoms with Gasteiger partial charge in [0.2, 0.25) is 0 Å². The molecule has 0 aliphatic carbocycles. The molecule has 1 heterocycles. The number of non-ortho nitro benzene ring substituents is 1. The predicted molar refractivity (Wildman–Crippen MR) is 69.0 cm³/mol. The van der Waals surface area contributed by atoms with Crippen LogP contribution in [0.25, 0.3) is 0 Å². The molecule has 0 amide bonds. The van der Waals surface area contributed by atoms with E-state index in [2.05, 4.69) is 10.4 Å². The van der Waals surface area contributed by atoms with Crippen molar-refractivity contribution in [3.05, 3.63) is 51.8 Å². The van der Waals surface area contributed by atoms with Crippen molar-refractivity contribution in [3.8, 4) is 0 Å². The van der Waals surface area contributed by atoms with E-state index >= 15 is 0 Å². The summed E-state index contributed by atoms with van der Waals surface area (Å²) < 4.78 is 38.5. The van der Waals surface area contributed by atoms with Gasteiger partial charge in [-0.15, -0.1) is 0 Å². The molecule has 2 aromatic rings. The maximum absolute atomic E-state index is 12.5. The second-order valence-electron chi connectivity index (χ2n) is 4.24. The Labute approximate surface area is 117 Å². The van der Waals surface area contributed by atoms with Crippen molar-refractivity contribution in [1.29, 1.82) is 0 Å². The van der Waals surface area contributed by atoms with Crippen LogP contribution in [0.1, 0.15) is 11.3 Å². The minimum absolute atomic E-state index is 0.00602. The number of nitrogens with zero attached hydrogens (tertiary/aromatic N) is 3. The van der Waals surface area contributed by atoms with Crippen LogP contribution in [-0.4, -0.2) is 21.8 Å². The van der Waals surface area contributed by atoms with Gasteiger partial charge in [-0.1, -0.05) is 0 Å². The van der Waals surface area contributed by atoms with Gasteiger partial charge in [-0.2, -0.15) is 18.3 Å². The van der Waals surface area contributed by atoms with E-state index in [0.717, 1.165) is 10.7 Å². The smallest absolute Gasteiger partial charge is 0.388 e. The molecule has 0 aliphatic rings. The molecule has 112 valence electrons. The first-order valence-electron chi connectivity index (χ1n) is 5.87. The van der Waals surface area contributed by atoms with Gasteiger partial charge in [0, 0.05) is 36.6 Å². The molecule has 9 heteroatoms. The highest BCUT2D eigenvalue weighted by atomic mass is 19.4. The van der Waals surface area contributed by atoms with Crippen LogP contribution in [0, 0.1) is 10.1 Å². The molecule has 0 saturated carbocycles. The van der Waals surface area contributed by atoms with Gasteiger partial charge in [-0.25, -0.2) is 0 Å². The van der Waals surface area contributed by atoms with Crippen molar-refractivity contribution in [2.45, 2.75) is 12.7 Å². The van der Waals surface area contributed by atoms with Crippen LogP contribution < -0.4 is 5.32 Å². The second-order valence-corrected chi connectivity index (χ2v) is 4.24. The van der Waals surface area contributed by atoms with Gasteiger partial charge in [-0.3, -0.25) is 14.8 Å². The number of hydrogen-bond acceptors (Lipinski definition) is 4. The Bertz CT molecular complexity index is 667. The van der Waals surface area contributed by atoms with Gasteiger partial charge in [0.15, 0.2) is 5.69 Å². The third-order valence-corrected chi connectivity index (χ3v) is 2.83. The number of hydrogen-bond donors (Lipinski definition) is 1. The van der Waals surface area contributed by atoms with Crippen LogP contribution in [-0.2, 0) is 12.7 Å². The molecular weight excluding hydrogens is 289 g/mol. The lowest BCUT2D eigenvalue weighted by atomic mass is 10.1. The summed E-state index contributed by atoms with van der Waals surface area (Å²) in [6, 6.07) is 4.98. The molecule has 0 spiro atoms. The molecule has 1 aromatic carbocycles. The van der Waals surface area contributed by atoms with Crippen LogP contribution in [0.15, 0.2) is 30.5 Å². The standard InChI is InChI=1S/C12H11F3N4O2/c1-16-10-3-2-9(19(20)21)6-8(10)7-18-5-4-11(17-18)12(13,14)15/h2-6,16H,7H2,1H3. The van der Waals surface area contributed by atoms with E-state index in [1.165, 1.54) is 24.4 Å². The second kappa shape index (κ2) is 5.43. The lowest BCUT2D eigenvalue weighted by Crippen LogP contribution is -2.09. The molecule has 0 radical (unpaired) electrons. The molecule has 6 nitrogen and oxygen atoms in total. The van der Waals surface area contributed by atoms with E-state index in [9.17, 15) is 23.3 Å². The fourth-order valence-corrected chi connectivity index (χ4v) is 1.84. The van der Waals surface area contributed by atoms with Gasteiger partial charge in [-0.05, 0) is 12.1 Å². The molecule has 0 unspecified atom stereocenters. The van der Waals surface area contributed by atoms with E-state index in [1.807, 2.05) is 0 Å². The Hall–Kier alpha value is -2.58. The van der Waals surface area contributed by atoms with E-state index in [-0.39, 0.29) is 12.2 Å². The summed E-state index contributed by atoms with van der Waals surface area (Å²) in [5, 5.41) is 17.0. The van der Waals surface area contributed by atoms with Gasteiger partial charge < -0.3 is 5.32 Å². The Morgan fingerprint density at radius 3 is 2.62 bits per heavy atom. The van der Waals surface area contributed by atoms with Crippen LogP contribution >= 0.6 is 0 Å². The molecular formula is C12H11F3N4O2. The van der Waals surface area contributed by atoms with Crippen LogP contribution in [0.5, 0.6) is 0 Å². The largest absolute Gasteiger partial charge is 0.435 e. The molecule has 1 N–H and O–H groups in total. The van der Waals surface area contributed by atoms with Crippen molar-refractivity contribution in [2.75, 3.05) is 12.4 Å². The van der Waals surface area contributed by atoms with Crippen molar-refractivity contribution in [2.24, 2.45) is 0 Å². The molecule has 0 fully saturated rings. The maximum Gasteiger partial charge on any atom is 0.435 e. The monoisotopic (exact) mass is 300 g/mol. The number of nitro benzene ring substituents is 1. The fourth-order valence-electron chi connectivity index (χ4n) is 1.84. The van der Waals surface area contributed by atoms with Crippen LogP contribution in [0.4, 0.5) is 24.5 Å². The topological polar surface area (TPSA) is 73.0 Å². The van der Waals surface area contributed by atoms with Crippen molar-refractivity contribution < 1.29 is 18.1 Å². The Morgan fingerprint density at radius 2 is 2.10 bits per heavy atom. The van der Waals surface area contributed by atoms with Gasteiger partial charge >= 0.3 is 6.18 Å². The zero-order valence-corrected chi connectivity index (χ0v) is 10.9. The van der Waals surface area contributed by atoms with E-state index in [4.69, 9.17) is 0 Å². The average molecular weight is 300 g/mol. The minimum atomic E-state index is -4.51. The molecule has 0 bridgehead atoms. The predicted octanol–water partition coefficient (Wildman–Crippen LogP) is 2.90. The molecule has 0 saturated heterocycles. The Morgan fingerprint density at radius 1 is 1.38 bits per heavy atom. The number of aromatic nitrogens is 2. The Balaban J connectivity index is 2.32. The highest BCUT2D eigenvalue weighted by Crippen LogP contribution is 2.28. The summed E-state index contributed by atoms with van der Waals surface area (Å²) >= 11 is 0.